The Hall–Kier alpha value is -6.53. The summed E-state index contributed by atoms with van der Waals surface area (Å²) < 4.78 is 19.2. The Balaban J connectivity index is 1.15. The molecule has 0 saturated heterocycles. The van der Waals surface area contributed by atoms with Gasteiger partial charge in [0.2, 0.25) is 5.43 Å². The van der Waals surface area contributed by atoms with Crippen molar-refractivity contribution in [3.05, 3.63) is 158 Å². The summed E-state index contributed by atoms with van der Waals surface area (Å²) in [5, 5.41) is 7.80. The molecule has 0 saturated carbocycles. The van der Waals surface area contributed by atoms with E-state index in [9.17, 15) is 9.59 Å². The lowest BCUT2D eigenvalue weighted by atomic mass is 9.99. The summed E-state index contributed by atoms with van der Waals surface area (Å²) in [5.74, 6) is 0. The van der Waals surface area contributed by atoms with Crippen LogP contribution in [-0.4, -0.2) is 17.5 Å². The van der Waals surface area contributed by atoms with Crippen LogP contribution in [0, 0.1) is 13.8 Å². The lowest BCUT2D eigenvalue weighted by molar-refractivity contribution is 1.30. The summed E-state index contributed by atoms with van der Waals surface area (Å²) in [6.45, 7) is 4.21. The van der Waals surface area contributed by atoms with Crippen LogP contribution < -0.4 is 21.1 Å². The molecular weight excluding hydrogens is 753 g/mol. The first-order valence-electron chi connectivity index (χ1n) is 17.9. The number of hydrogen-bond donors (Lipinski definition) is 0. The molecule has 0 unspecified atom stereocenters. The molecule has 0 N–H and O–H groups in total. The third kappa shape index (κ3) is 4.98. The van der Waals surface area contributed by atoms with Crippen LogP contribution in [0.3, 0.4) is 0 Å². The van der Waals surface area contributed by atoms with E-state index < -0.39 is 10.9 Å². The van der Waals surface area contributed by atoms with Crippen LogP contribution in [0.2, 0.25) is 0 Å². The minimum atomic E-state index is -0.631. The minimum Gasteiger partial charge on any atom is -0.301 e. The van der Waals surface area contributed by atoms with E-state index in [-0.39, 0.29) is 5.36 Å². The first-order valence-corrected chi connectivity index (χ1v) is 20.2. The molecule has 0 atom stereocenters. The van der Waals surface area contributed by atoms with Gasteiger partial charge in [0.1, 0.15) is 32.4 Å². The average molecular weight is 779 g/mol. The Morgan fingerprint density at radius 1 is 0.518 bits per heavy atom. The molecule has 8 nitrogen and oxygen atoms in total. The molecule has 0 aliphatic carbocycles. The van der Waals surface area contributed by atoms with Crippen LogP contribution in [0.5, 0.6) is 0 Å². The molecule has 0 aliphatic rings. The van der Waals surface area contributed by atoms with Crippen molar-refractivity contribution in [1.29, 1.82) is 0 Å². The van der Waals surface area contributed by atoms with Crippen molar-refractivity contribution in [2.45, 2.75) is 13.8 Å². The molecule has 0 radical (unpaired) electrons. The van der Waals surface area contributed by atoms with Gasteiger partial charge >= 0.3 is 0 Å². The second-order valence-corrected chi connectivity index (χ2v) is 16.0. The fourth-order valence-electron chi connectivity index (χ4n) is 7.72. The summed E-state index contributed by atoms with van der Waals surface area (Å²) in [4.78, 5) is 35.0. The predicted molar refractivity (Wildman–Crippen MR) is 232 cm³/mol. The lowest BCUT2D eigenvalue weighted by Gasteiger charge is -2.24. The molecule has 266 valence electrons. The highest BCUT2D eigenvalue weighted by molar-refractivity contribution is 7.22. The maximum Gasteiger partial charge on any atom is 0.252 e. The molecule has 8 aromatic carbocycles. The van der Waals surface area contributed by atoms with Crippen LogP contribution in [-0.2, 0) is 0 Å². The van der Waals surface area contributed by atoms with Gasteiger partial charge < -0.3 is 4.90 Å². The highest BCUT2D eigenvalue weighted by atomic mass is 32.1. The number of anilines is 3. The van der Waals surface area contributed by atoms with Gasteiger partial charge in [0.15, 0.2) is 0 Å². The molecule has 0 fully saturated rings. The first kappa shape index (κ1) is 32.9. The van der Waals surface area contributed by atoms with Gasteiger partial charge in [-0.15, -0.1) is 11.3 Å². The number of benzene rings is 7. The normalized spacial score (nSPS) is 12.4. The van der Waals surface area contributed by atoms with Crippen molar-refractivity contribution in [3.8, 4) is 10.4 Å². The van der Waals surface area contributed by atoms with Gasteiger partial charge in [0, 0.05) is 54.1 Å². The molecule has 11 aromatic rings. The molecule has 11 rings (SSSR count). The molecule has 0 amide bonds. The van der Waals surface area contributed by atoms with E-state index in [1.54, 1.807) is 17.4 Å². The quantitative estimate of drug-likeness (QED) is 0.160. The number of nitrogens with zero attached hydrogens (tertiary/aromatic N) is 6. The van der Waals surface area contributed by atoms with Crippen molar-refractivity contribution >= 4 is 122 Å². The molecular formula is C45H26N6O2S3. The average Bonchev–Trinajstić information content (AvgIpc) is 4.03. The number of hydrogen-bond acceptors (Lipinski definition) is 11. The van der Waals surface area contributed by atoms with E-state index in [4.69, 9.17) is 18.1 Å². The van der Waals surface area contributed by atoms with Gasteiger partial charge in [-0.25, -0.2) is 4.99 Å². The van der Waals surface area contributed by atoms with Gasteiger partial charge in [-0.3, -0.25) is 9.59 Å². The zero-order valence-corrected chi connectivity index (χ0v) is 32.2. The maximum absolute atomic E-state index is 13.5. The van der Waals surface area contributed by atoms with Crippen LogP contribution in [0.25, 0.3) is 75.6 Å². The Labute approximate surface area is 330 Å². The molecule has 56 heavy (non-hydrogen) atoms. The Morgan fingerprint density at radius 2 is 1.07 bits per heavy atom. The largest absolute Gasteiger partial charge is 0.301 e. The van der Waals surface area contributed by atoms with E-state index in [0.29, 0.717) is 33.0 Å². The highest BCUT2D eigenvalue weighted by Crippen LogP contribution is 2.51. The predicted octanol–water partition coefficient (Wildman–Crippen LogP) is 11.0. The summed E-state index contributed by atoms with van der Waals surface area (Å²) in [7, 11) is 0. The number of thiophene rings is 1. The van der Waals surface area contributed by atoms with E-state index in [0.717, 1.165) is 88.1 Å². The SMILES string of the molecule is Cc1ccc(N(c2ccc(C)cc2)c2sc(-c3cc4c(cc(N=c5c(=O)c(=O)c6cc7ccccc7cc56)c5nsnc54)c4nsnc34)c3ccccc23)cc1. The van der Waals surface area contributed by atoms with E-state index >= 15 is 0 Å². The smallest absolute Gasteiger partial charge is 0.252 e. The third-order valence-electron chi connectivity index (χ3n) is 10.5. The van der Waals surface area contributed by atoms with Gasteiger partial charge in [-0.2, -0.15) is 17.5 Å². The van der Waals surface area contributed by atoms with Crippen LogP contribution in [0.4, 0.5) is 22.1 Å². The van der Waals surface area contributed by atoms with E-state index in [1.807, 2.05) is 36.4 Å². The number of fused-ring (bicyclic) bond motifs is 8. The monoisotopic (exact) mass is 778 g/mol. The zero-order valence-electron chi connectivity index (χ0n) is 29.8. The standard InChI is InChI=1S/C45H26N6O2S3/c1-23-11-15-27(16-12-23)51(28-17-13-24(2)14-18-28)45-30-10-6-5-9-29(30)44(54-45)35-21-32-33(37-39(35)49-55-47-37)22-36(41-38(32)48-56-50-41)46-40-31-19-25-7-3-4-8-26(25)20-34(31)42(52)43(40)53/h3-22H,1-2H3. The van der Waals surface area contributed by atoms with Crippen molar-refractivity contribution in [1.82, 2.24) is 17.5 Å². The summed E-state index contributed by atoms with van der Waals surface area (Å²) in [6.07, 6.45) is 0. The maximum atomic E-state index is 13.5. The van der Waals surface area contributed by atoms with Gasteiger partial charge in [-0.1, -0.05) is 83.9 Å². The molecule has 3 heterocycles. The fraction of sp³-hybridized carbons (Fsp3) is 0.0444. The molecule has 0 aliphatic heterocycles. The highest BCUT2D eigenvalue weighted by Gasteiger charge is 2.25. The Kier molecular flexibility index (Phi) is 7.34. The molecule has 0 bridgehead atoms. The van der Waals surface area contributed by atoms with Gasteiger partial charge in [0.25, 0.3) is 5.43 Å². The topological polar surface area (TPSA) is 101 Å². The van der Waals surface area contributed by atoms with Crippen molar-refractivity contribution < 1.29 is 0 Å². The van der Waals surface area contributed by atoms with Crippen molar-refractivity contribution in [2.24, 2.45) is 4.99 Å². The lowest BCUT2D eigenvalue weighted by Crippen LogP contribution is -2.30. The Morgan fingerprint density at radius 3 is 1.75 bits per heavy atom. The zero-order chi connectivity index (χ0) is 37.7. The first-order chi connectivity index (χ1) is 27.4. The summed E-state index contributed by atoms with van der Waals surface area (Å²) in [5.41, 5.74) is 7.44. The van der Waals surface area contributed by atoms with Gasteiger partial charge in [0.05, 0.1) is 29.1 Å². The summed E-state index contributed by atoms with van der Waals surface area (Å²) in [6, 6.07) is 41.2. The van der Waals surface area contributed by atoms with E-state index in [2.05, 4.69) is 102 Å². The second kappa shape index (κ2) is 12.5. The number of aryl methyl sites for hydroxylation is 2. The van der Waals surface area contributed by atoms with Crippen LogP contribution in [0.1, 0.15) is 11.1 Å². The summed E-state index contributed by atoms with van der Waals surface area (Å²) >= 11 is 3.97. The van der Waals surface area contributed by atoms with Crippen molar-refractivity contribution in [3.63, 3.8) is 0 Å². The number of aromatic nitrogens is 4. The van der Waals surface area contributed by atoms with E-state index in [1.165, 1.54) is 11.1 Å². The van der Waals surface area contributed by atoms with Crippen molar-refractivity contribution in [2.75, 3.05) is 4.90 Å². The molecule has 0 spiro atoms. The minimum absolute atomic E-state index is 0.109. The van der Waals surface area contributed by atoms with Gasteiger partial charge in [-0.05, 0) is 73.2 Å². The fourth-order valence-corrected chi connectivity index (χ4v) is 10.2. The third-order valence-corrected chi connectivity index (χ3v) is 12.8. The Bertz CT molecular complexity index is 3510. The number of rotatable bonds is 5. The molecule has 11 heteroatoms. The second-order valence-electron chi connectivity index (χ2n) is 14.0. The molecule has 3 aromatic heterocycles. The van der Waals surface area contributed by atoms with Crippen LogP contribution in [0.15, 0.2) is 136 Å². The van der Waals surface area contributed by atoms with Crippen LogP contribution >= 0.6 is 34.8 Å².